The third kappa shape index (κ3) is 7.11. The monoisotopic (exact) mass is 392 g/mol. The Morgan fingerprint density at radius 3 is 2.15 bits per heavy atom. The molecule has 0 N–H and O–H groups in total. The molecule has 0 aliphatic rings. The van der Waals surface area contributed by atoms with Crippen LogP contribution in [0.5, 0.6) is 0 Å². The summed E-state index contributed by atoms with van der Waals surface area (Å²) in [6.45, 7) is 4.35. The SMILES string of the molecule is CCCCCC(CCCCC)c1nc(Cl)ncc1F.[Pd]. The fourth-order valence-corrected chi connectivity index (χ4v) is 2.48. The van der Waals surface area contributed by atoms with Crippen LogP contribution in [0.15, 0.2) is 6.20 Å². The zero-order valence-corrected chi connectivity index (χ0v) is 14.6. The molecule has 1 aromatic heterocycles. The maximum absolute atomic E-state index is 13.9. The van der Waals surface area contributed by atoms with Crippen LogP contribution in [0.2, 0.25) is 5.28 Å². The number of unbranched alkanes of at least 4 members (excludes halogenated alkanes) is 4. The molecule has 0 bridgehead atoms. The van der Waals surface area contributed by atoms with Crippen molar-refractivity contribution < 1.29 is 24.8 Å². The fraction of sp³-hybridized carbons (Fsp3) is 0.733. The number of aromatic nitrogens is 2. The van der Waals surface area contributed by atoms with Gasteiger partial charge in [-0.05, 0) is 24.4 Å². The second kappa shape index (κ2) is 11.6. The van der Waals surface area contributed by atoms with Crippen LogP contribution in [0.1, 0.15) is 76.8 Å². The predicted octanol–water partition coefficient (Wildman–Crippen LogP) is 5.51. The minimum atomic E-state index is -0.317. The van der Waals surface area contributed by atoms with Crippen molar-refractivity contribution in [3.63, 3.8) is 0 Å². The van der Waals surface area contributed by atoms with Crippen molar-refractivity contribution in [1.82, 2.24) is 9.97 Å². The van der Waals surface area contributed by atoms with Gasteiger partial charge in [0.25, 0.3) is 0 Å². The normalized spacial score (nSPS) is 10.7. The minimum Gasteiger partial charge on any atom is -0.223 e. The van der Waals surface area contributed by atoms with Crippen LogP contribution >= 0.6 is 11.6 Å². The van der Waals surface area contributed by atoms with Gasteiger partial charge in [-0.2, -0.15) is 0 Å². The third-order valence-corrected chi connectivity index (χ3v) is 3.62. The van der Waals surface area contributed by atoms with Crippen molar-refractivity contribution in [2.75, 3.05) is 0 Å². The summed E-state index contributed by atoms with van der Waals surface area (Å²) < 4.78 is 13.9. The molecule has 0 saturated carbocycles. The molecule has 0 spiro atoms. The number of halogens is 2. The molecule has 1 rings (SSSR count). The van der Waals surface area contributed by atoms with Crippen LogP contribution in [-0.2, 0) is 20.4 Å². The average molecular weight is 393 g/mol. The Labute approximate surface area is 140 Å². The fourth-order valence-electron chi connectivity index (χ4n) is 2.34. The van der Waals surface area contributed by atoms with Gasteiger partial charge < -0.3 is 0 Å². The maximum Gasteiger partial charge on any atom is 0.222 e. The molecule has 0 fully saturated rings. The van der Waals surface area contributed by atoms with Gasteiger partial charge in [0.1, 0.15) is 0 Å². The predicted molar refractivity (Wildman–Crippen MR) is 78.0 cm³/mol. The van der Waals surface area contributed by atoms with Crippen LogP contribution in [0.3, 0.4) is 0 Å². The van der Waals surface area contributed by atoms with E-state index in [4.69, 9.17) is 11.6 Å². The summed E-state index contributed by atoms with van der Waals surface area (Å²) in [5.41, 5.74) is 0.507. The quantitative estimate of drug-likeness (QED) is 0.314. The van der Waals surface area contributed by atoms with Crippen LogP contribution in [-0.4, -0.2) is 9.97 Å². The summed E-state index contributed by atoms with van der Waals surface area (Å²) in [4.78, 5) is 7.80. The summed E-state index contributed by atoms with van der Waals surface area (Å²) in [5.74, 6) is -0.138. The molecule has 0 saturated heterocycles. The first-order valence-corrected chi connectivity index (χ1v) is 7.74. The molecule has 5 heteroatoms. The van der Waals surface area contributed by atoms with Gasteiger partial charge in [0.15, 0.2) is 5.82 Å². The second-order valence-electron chi connectivity index (χ2n) is 5.06. The van der Waals surface area contributed by atoms with Gasteiger partial charge >= 0.3 is 0 Å². The molecular formula is C15H24ClFN2Pd. The van der Waals surface area contributed by atoms with Gasteiger partial charge in [0.2, 0.25) is 5.28 Å². The van der Waals surface area contributed by atoms with Gasteiger partial charge in [-0.25, -0.2) is 14.4 Å². The van der Waals surface area contributed by atoms with Crippen molar-refractivity contribution in [2.45, 2.75) is 71.1 Å². The van der Waals surface area contributed by atoms with Crippen molar-refractivity contribution in [3.8, 4) is 0 Å². The van der Waals surface area contributed by atoms with E-state index in [-0.39, 0.29) is 37.4 Å². The van der Waals surface area contributed by atoms with Crippen molar-refractivity contribution in [3.05, 3.63) is 23.0 Å². The molecule has 1 aromatic rings. The molecule has 0 aliphatic heterocycles. The van der Waals surface area contributed by atoms with Crippen molar-refractivity contribution >= 4 is 11.6 Å². The van der Waals surface area contributed by atoms with E-state index in [0.717, 1.165) is 25.7 Å². The molecule has 0 unspecified atom stereocenters. The summed E-state index contributed by atoms with van der Waals surface area (Å²) in [5, 5.41) is 0.146. The molecule has 2 nitrogen and oxygen atoms in total. The Kier molecular flexibility index (Phi) is 11.6. The van der Waals surface area contributed by atoms with E-state index >= 15 is 0 Å². The standard InChI is InChI=1S/C15H24ClFN2.Pd/c1-3-5-7-9-12(10-8-6-4-2)14-13(17)11-18-15(16)19-14;/h11-12H,3-10H2,1-2H3;. The molecule has 0 aromatic carbocycles. The largest absolute Gasteiger partial charge is 0.223 e. The van der Waals surface area contributed by atoms with E-state index in [1.165, 1.54) is 31.9 Å². The van der Waals surface area contributed by atoms with E-state index < -0.39 is 0 Å². The van der Waals surface area contributed by atoms with E-state index in [2.05, 4.69) is 23.8 Å². The Bertz CT molecular complexity index is 367. The van der Waals surface area contributed by atoms with Crippen LogP contribution in [0, 0.1) is 5.82 Å². The van der Waals surface area contributed by atoms with Gasteiger partial charge in [-0.15, -0.1) is 0 Å². The number of hydrogen-bond acceptors (Lipinski definition) is 2. The zero-order chi connectivity index (χ0) is 14.1. The van der Waals surface area contributed by atoms with E-state index in [1.54, 1.807) is 0 Å². The Morgan fingerprint density at radius 1 is 1.10 bits per heavy atom. The number of rotatable bonds is 9. The smallest absolute Gasteiger partial charge is 0.222 e. The van der Waals surface area contributed by atoms with Crippen molar-refractivity contribution in [2.24, 2.45) is 0 Å². The summed E-state index contributed by atoms with van der Waals surface area (Å²) >= 11 is 5.79. The van der Waals surface area contributed by atoms with Gasteiger partial charge in [-0.1, -0.05) is 52.4 Å². The van der Waals surface area contributed by atoms with Gasteiger partial charge in [0.05, 0.1) is 11.9 Å². The van der Waals surface area contributed by atoms with E-state index in [0.29, 0.717) is 5.69 Å². The molecule has 0 aliphatic carbocycles. The molecular weight excluding hydrogens is 369 g/mol. The molecule has 0 radical (unpaired) electrons. The topological polar surface area (TPSA) is 25.8 Å². The molecule has 20 heavy (non-hydrogen) atoms. The maximum atomic E-state index is 13.9. The summed E-state index contributed by atoms with van der Waals surface area (Å²) in [6.07, 6.45) is 10.1. The Morgan fingerprint density at radius 2 is 1.65 bits per heavy atom. The first-order chi connectivity index (χ1) is 9.19. The van der Waals surface area contributed by atoms with Crippen LogP contribution in [0.4, 0.5) is 4.39 Å². The molecule has 0 atom stereocenters. The summed E-state index contributed by atoms with van der Waals surface area (Å²) in [7, 11) is 0. The summed E-state index contributed by atoms with van der Waals surface area (Å²) in [6, 6.07) is 0. The minimum absolute atomic E-state index is 0. The first kappa shape index (κ1) is 20.0. The van der Waals surface area contributed by atoms with Crippen molar-refractivity contribution in [1.29, 1.82) is 0 Å². The molecule has 1 heterocycles. The Hall–Kier alpha value is -0.0377. The van der Waals surface area contributed by atoms with E-state index in [9.17, 15) is 4.39 Å². The average Bonchev–Trinajstić information content (AvgIpc) is 2.40. The second-order valence-corrected chi connectivity index (χ2v) is 5.40. The zero-order valence-electron chi connectivity index (χ0n) is 12.3. The van der Waals surface area contributed by atoms with Gasteiger partial charge in [-0.3, -0.25) is 0 Å². The Balaban J connectivity index is 0.00000361. The number of nitrogens with zero attached hydrogens (tertiary/aromatic N) is 2. The van der Waals surface area contributed by atoms with Crippen LogP contribution < -0.4 is 0 Å². The van der Waals surface area contributed by atoms with E-state index in [1.807, 2.05) is 0 Å². The first-order valence-electron chi connectivity index (χ1n) is 7.37. The molecule has 118 valence electrons. The number of hydrogen-bond donors (Lipinski definition) is 0. The van der Waals surface area contributed by atoms with Crippen LogP contribution in [0.25, 0.3) is 0 Å². The third-order valence-electron chi connectivity index (χ3n) is 3.44. The molecule has 0 amide bonds. The van der Waals surface area contributed by atoms with Gasteiger partial charge in [0, 0.05) is 26.3 Å².